The Balaban J connectivity index is 1.33. The third-order valence-corrected chi connectivity index (χ3v) is 7.16. The number of carbonyl (C=O) groups is 1. The molecule has 1 amide bonds. The van der Waals surface area contributed by atoms with Gasteiger partial charge in [0.25, 0.3) is 5.91 Å². The number of rotatable bonds is 4. The minimum absolute atomic E-state index is 0.132. The number of ether oxygens (including phenoxy) is 2. The van der Waals surface area contributed by atoms with E-state index in [1.807, 2.05) is 24.3 Å². The molecule has 0 aromatic heterocycles. The van der Waals surface area contributed by atoms with Crippen molar-refractivity contribution >= 4 is 57.7 Å². The molecule has 1 fully saturated rings. The fourth-order valence-electron chi connectivity index (χ4n) is 3.24. The second-order valence-corrected chi connectivity index (χ2v) is 9.86. The molecule has 0 radical (unpaired) electrons. The summed E-state index contributed by atoms with van der Waals surface area (Å²) in [5.74, 6) is 1.16. The van der Waals surface area contributed by atoms with E-state index in [2.05, 4.69) is 43.3 Å². The Bertz CT molecular complexity index is 1200. The van der Waals surface area contributed by atoms with Gasteiger partial charge in [0.15, 0.2) is 15.8 Å². The van der Waals surface area contributed by atoms with Crippen LogP contribution in [0.2, 0.25) is 0 Å². The largest absolute Gasteiger partial charge is 0.454 e. The van der Waals surface area contributed by atoms with Crippen molar-refractivity contribution in [2.75, 3.05) is 11.7 Å². The Kier molecular flexibility index (Phi) is 5.48. The molecule has 3 aromatic rings. The highest BCUT2D eigenvalue weighted by Crippen LogP contribution is 2.41. The third-order valence-electron chi connectivity index (χ3n) is 4.84. The van der Waals surface area contributed by atoms with Crippen molar-refractivity contribution in [2.24, 2.45) is 0 Å². The van der Waals surface area contributed by atoms with Crippen molar-refractivity contribution in [3.8, 4) is 11.5 Å². The lowest BCUT2D eigenvalue weighted by atomic mass is 10.2. The number of fused-ring (bicyclic) bond motifs is 1. The van der Waals surface area contributed by atoms with Crippen molar-refractivity contribution in [3.63, 3.8) is 0 Å². The molecule has 0 saturated carbocycles. The van der Waals surface area contributed by atoms with E-state index < -0.39 is 0 Å². The first kappa shape index (κ1) is 20.2. The SMILES string of the molecule is Cc1ccc(Sc2ccc(/C=C3\SC(=S)N(c4ccc5c(c4)OCO5)C3=O)cc2)cc1. The number of anilines is 1. The van der Waals surface area contributed by atoms with Gasteiger partial charge >= 0.3 is 0 Å². The number of benzene rings is 3. The molecule has 5 rings (SSSR count). The standard InChI is InChI=1S/C24H17NO3S3/c1-15-2-7-18(8-3-15)30-19-9-4-16(5-10-19)12-22-23(26)25(24(29)31-22)17-6-11-20-21(13-17)28-14-27-20/h2-13H,14H2,1H3/b22-12-. The number of hydrogen-bond acceptors (Lipinski definition) is 6. The summed E-state index contributed by atoms with van der Waals surface area (Å²) in [6.07, 6.45) is 1.88. The molecule has 0 unspecified atom stereocenters. The van der Waals surface area contributed by atoms with Crippen LogP contribution in [0, 0.1) is 6.92 Å². The van der Waals surface area contributed by atoms with Crippen LogP contribution in [0.3, 0.4) is 0 Å². The monoisotopic (exact) mass is 463 g/mol. The molecule has 2 aliphatic heterocycles. The number of aryl methyl sites for hydroxylation is 1. The zero-order chi connectivity index (χ0) is 21.4. The summed E-state index contributed by atoms with van der Waals surface area (Å²) in [5, 5.41) is 0. The first-order valence-corrected chi connectivity index (χ1v) is 11.6. The summed E-state index contributed by atoms with van der Waals surface area (Å²) in [6, 6.07) is 22.0. The van der Waals surface area contributed by atoms with Crippen LogP contribution in [-0.2, 0) is 4.79 Å². The predicted octanol–water partition coefficient (Wildman–Crippen LogP) is 6.28. The molecule has 1 saturated heterocycles. The van der Waals surface area contributed by atoms with Crippen LogP contribution in [0.5, 0.6) is 11.5 Å². The molecule has 4 nitrogen and oxygen atoms in total. The Morgan fingerprint density at radius 2 is 1.65 bits per heavy atom. The molecule has 0 aliphatic carbocycles. The summed E-state index contributed by atoms with van der Waals surface area (Å²) in [6.45, 7) is 2.27. The highest BCUT2D eigenvalue weighted by Gasteiger charge is 2.34. The molecule has 0 spiro atoms. The number of carbonyl (C=O) groups excluding carboxylic acids is 1. The van der Waals surface area contributed by atoms with E-state index in [9.17, 15) is 4.79 Å². The third kappa shape index (κ3) is 4.21. The molecule has 0 N–H and O–H groups in total. The topological polar surface area (TPSA) is 38.8 Å². The lowest BCUT2D eigenvalue weighted by molar-refractivity contribution is -0.113. The molecule has 0 bridgehead atoms. The van der Waals surface area contributed by atoms with Gasteiger partial charge in [-0.3, -0.25) is 9.69 Å². The number of hydrogen-bond donors (Lipinski definition) is 0. The molecule has 7 heteroatoms. The van der Waals surface area contributed by atoms with Gasteiger partial charge in [-0.15, -0.1) is 0 Å². The average molecular weight is 464 g/mol. The minimum atomic E-state index is -0.132. The lowest BCUT2D eigenvalue weighted by Gasteiger charge is -2.14. The molecule has 2 heterocycles. The zero-order valence-electron chi connectivity index (χ0n) is 16.5. The quantitative estimate of drug-likeness (QED) is 0.335. The molecule has 0 atom stereocenters. The fraction of sp³-hybridized carbons (Fsp3) is 0.0833. The summed E-state index contributed by atoms with van der Waals surface area (Å²) < 4.78 is 11.3. The molecular formula is C24H17NO3S3. The molecule has 2 aliphatic rings. The average Bonchev–Trinajstić information content (AvgIpc) is 3.34. The first-order chi connectivity index (χ1) is 15.1. The van der Waals surface area contributed by atoms with Crippen LogP contribution in [0.25, 0.3) is 6.08 Å². The van der Waals surface area contributed by atoms with E-state index in [1.54, 1.807) is 23.9 Å². The van der Waals surface area contributed by atoms with Crippen molar-refractivity contribution < 1.29 is 14.3 Å². The van der Waals surface area contributed by atoms with Crippen molar-refractivity contribution in [1.29, 1.82) is 0 Å². The second kappa shape index (κ2) is 8.42. The Morgan fingerprint density at radius 1 is 0.968 bits per heavy atom. The second-order valence-electron chi connectivity index (χ2n) is 7.04. The molecule has 31 heavy (non-hydrogen) atoms. The van der Waals surface area contributed by atoms with Gasteiger partial charge in [-0.1, -0.05) is 65.6 Å². The number of amides is 1. The van der Waals surface area contributed by atoms with E-state index in [1.165, 1.54) is 27.1 Å². The normalized spacial score (nSPS) is 16.4. The van der Waals surface area contributed by atoms with Crippen LogP contribution >= 0.6 is 35.7 Å². The first-order valence-electron chi connectivity index (χ1n) is 9.59. The van der Waals surface area contributed by atoms with E-state index >= 15 is 0 Å². The van der Waals surface area contributed by atoms with Crippen LogP contribution in [-0.4, -0.2) is 17.0 Å². The number of nitrogens with zero attached hydrogens (tertiary/aromatic N) is 1. The maximum absolute atomic E-state index is 13.0. The zero-order valence-corrected chi connectivity index (χ0v) is 19.0. The fourth-order valence-corrected chi connectivity index (χ4v) is 5.36. The Morgan fingerprint density at radius 3 is 2.39 bits per heavy atom. The smallest absolute Gasteiger partial charge is 0.270 e. The summed E-state index contributed by atoms with van der Waals surface area (Å²) >= 11 is 8.49. The lowest BCUT2D eigenvalue weighted by Crippen LogP contribution is -2.27. The molecule has 154 valence electrons. The van der Waals surface area contributed by atoms with Crippen LogP contribution in [0.1, 0.15) is 11.1 Å². The Labute approximate surface area is 194 Å². The highest BCUT2D eigenvalue weighted by atomic mass is 32.2. The summed E-state index contributed by atoms with van der Waals surface area (Å²) in [7, 11) is 0. The van der Waals surface area contributed by atoms with Gasteiger partial charge in [-0.05, 0) is 55.0 Å². The van der Waals surface area contributed by atoms with Gasteiger partial charge in [-0.2, -0.15) is 0 Å². The van der Waals surface area contributed by atoms with E-state index in [0.717, 1.165) is 10.5 Å². The molecular weight excluding hydrogens is 446 g/mol. The van der Waals surface area contributed by atoms with Crippen molar-refractivity contribution in [2.45, 2.75) is 16.7 Å². The summed E-state index contributed by atoms with van der Waals surface area (Å²) in [5.41, 5.74) is 2.89. The van der Waals surface area contributed by atoms with Gasteiger partial charge < -0.3 is 9.47 Å². The predicted molar refractivity (Wildman–Crippen MR) is 130 cm³/mol. The summed E-state index contributed by atoms with van der Waals surface area (Å²) in [4.78, 5) is 17.5. The van der Waals surface area contributed by atoms with Gasteiger partial charge in [-0.25, -0.2) is 0 Å². The van der Waals surface area contributed by atoms with Gasteiger partial charge in [0.1, 0.15) is 0 Å². The number of thioether (sulfide) groups is 1. The molecule has 3 aromatic carbocycles. The van der Waals surface area contributed by atoms with Crippen LogP contribution < -0.4 is 14.4 Å². The van der Waals surface area contributed by atoms with Crippen molar-refractivity contribution in [1.82, 2.24) is 0 Å². The number of thiocarbonyl (C=S) groups is 1. The van der Waals surface area contributed by atoms with Crippen molar-refractivity contribution in [3.05, 3.63) is 82.8 Å². The van der Waals surface area contributed by atoms with Gasteiger partial charge in [0.2, 0.25) is 6.79 Å². The van der Waals surface area contributed by atoms with Gasteiger partial charge in [0, 0.05) is 15.9 Å². The van der Waals surface area contributed by atoms with Crippen LogP contribution in [0.4, 0.5) is 5.69 Å². The maximum Gasteiger partial charge on any atom is 0.270 e. The van der Waals surface area contributed by atoms with E-state index in [-0.39, 0.29) is 12.7 Å². The maximum atomic E-state index is 13.0. The van der Waals surface area contributed by atoms with E-state index in [4.69, 9.17) is 21.7 Å². The Hall–Kier alpha value is -2.74. The highest BCUT2D eigenvalue weighted by molar-refractivity contribution is 8.27. The van der Waals surface area contributed by atoms with E-state index in [0.29, 0.717) is 26.4 Å². The minimum Gasteiger partial charge on any atom is -0.454 e. The van der Waals surface area contributed by atoms with Crippen LogP contribution in [0.15, 0.2) is 81.4 Å². The van der Waals surface area contributed by atoms with Gasteiger partial charge in [0.05, 0.1) is 10.6 Å².